The third-order valence-corrected chi connectivity index (χ3v) is 6.74. The van der Waals surface area contributed by atoms with E-state index in [2.05, 4.69) is 10.0 Å². The second-order valence-electron chi connectivity index (χ2n) is 7.72. The van der Waals surface area contributed by atoms with Crippen LogP contribution in [0.2, 0.25) is 5.02 Å². The van der Waals surface area contributed by atoms with E-state index in [9.17, 15) is 13.6 Å². The van der Waals surface area contributed by atoms with Gasteiger partial charge in [0, 0.05) is 18.0 Å². The second kappa shape index (κ2) is 9.57. The van der Waals surface area contributed by atoms with Gasteiger partial charge in [0.25, 0.3) is 0 Å². The maximum atomic E-state index is 14.7. The van der Waals surface area contributed by atoms with Crippen LogP contribution in [0.25, 0.3) is 0 Å². The standard InChI is InChI=1S/C20H27ClF2N2OS/c1-27-24-11-12-6-7-14(10-12)20(26)25-19(13-4-2-3-5-13)17-16(22)9-8-15(21)18(17)23/h8-9,12-14,19,24H,2-7,10-11H2,1H3,(H,25,26)/t12?,14-,19?/m0/s1. The summed E-state index contributed by atoms with van der Waals surface area (Å²) in [6.07, 6.45) is 8.39. The largest absolute Gasteiger partial charge is 0.349 e. The molecule has 7 heteroatoms. The topological polar surface area (TPSA) is 41.1 Å². The van der Waals surface area contributed by atoms with E-state index in [0.29, 0.717) is 5.92 Å². The van der Waals surface area contributed by atoms with Crippen LogP contribution < -0.4 is 10.0 Å². The number of hydrogen-bond donors (Lipinski definition) is 2. The SMILES string of the molecule is CSNCC1CC[C@H](C(=O)NC(c2c(F)ccc(Cl)c2F)C2CCCC2)C1. The molecule has 1 amide bonds. The van der Waals surface area contributed by atoms with Crippen LogP contribution in [0.15, 0.2) is 12.1 Å². The Morgan fingerprint density at radius 1 is 1.26 bits per heavy atom. The van der Waals surface area contributed by atoms with Gasteiger partial charge in [0.05, 0.1) is 11.1 Å². The first kappa shape index (κ1) is 20.9. The number of halogens is 3. The van der Waals surface area contributed by atoms with Gasteiger partial charge in [-0.2, -0.15) is 0 Å². The molecule has 2 fully saturated rings. The summed E-state index contributed by atoms with van der Waals surface area (Å²) >= 11 is 7.49. The highest BCUT2D eigenvalue weighted by Gasteiger charge is 2.36. The van der Waals surface area contributed by atoms with Crippen LogP contribution in [-0.2, 0) is 4.79 Å². The van der Waals surface area contributed by atoms with Crippen LogP contribution in [0, 0.1) is 29.4 Å². The van der Waals surface area contributed by atoms with Gasteiger partial charge in [0.2, 0.25) is 5.91 Å². The second-order valence-corrected chi connectivity index (χ2v) is 8.82. The molecule has 150 valence electrons. The van der Waals surface area contributed by atoms with Crippen molar-refractivity contribution >= 4 is 29.5 Å². The summed E-state index contributed by atoms with van der Waals surface area (Å²) in [5.74, 6) is -1.04. The van der Waals surface area contributed by atoms with Crippen molar-refractivity contribution in [1.82, 2.24) is 10.0 Å². The van der Waals surface area contributed by atoms with Crippen LogP contribution in [-0.4, -0.2) is 18.7 Å². The van der Waals surface area contributed by atoms with Crippen molar-refractivity contribution in [3.63, 3.8) is 0 Å². The van der Waals surface area contributed by atoms with Gasteiger partial charge in [-0.25, -0.2) is 8.78 Å². The summed E-state index contributed by atoms with van der Waals surface area (Å²) < 4.78 is 32.4. The molecule has 0 saturated heterocycles. The van der Waals surface area contributed by atoms with Crippen molar-refractivity contribution in [3.05, 3.63) is 34.4 Å². The molecule has 2 N–H and O–H groups in total. The lowest BCUT2D eigenvalue weighted by Crippen LogP contribution is -2.37. The predicted octanol–water partition coefficient (Wildman–Crippen LogP) is 5.25. The van der Waals surface area contributed by atoms with E-state index in [-0.39, 0.29) is 28.3 Å². The average molecular weight is 417 g/mol. The highest BCUT2D eigenvalue weighted by molar-refractivity contribution is 7.96. The van der Waals surface area contributed by atoms with E-state index in [4.69, 9.17) is 11.6 Å². The molecule has 0 aliphatic heterocycles. The quantitative estimate of drug-likeness (QED) is 0.471. The van der Waals surface area contributed by atoms with Crippen LogP contribution in [0.3, 0.4) is 0 Å². The van der Waals surface area contributed by atoms with Gasteiger partial charge in [-0.15, -0.1) is 0 Å². The Morgan fingerprint density at radius 2 is 2.00 bits per heavy atom. The van der Waals surface area contributed by atoms with Crippen molar-refractivity contribution in [3.8, 4) is 0 Å². The summed E-state index contributed by atoms with van der Waals surface area (Å²) in [5.41, 5.74) is -0.0821. The van der Waals surface area contributed by atoms with Gasteiger partial charge < -0.3 is 5.32 Å². The number of carbonyl (C=O) groups excluding carboxylic acids is 1. The Morgan fingerprint density at radius 3 is 2.70 bits per heavy atom. The zero-order valence-corrected chi connectivity index (χ0v) is 17.1. The molecule has 3 nitrogen and oxygen atoms in total. The average Bonchev–Trinajstić information content (AvgIpc) is 3.34. The van der Waals surface area contributed by atoms with Crippen molar-refractivity contribution < 1.29 is 13.6 Å². The fourth-order valence-corrected chi connectivity index (χ4v) is 5.08. The van der Waals surface area contributed by atoms with Crippen LogP contribution >= 0.6 is 23.5 Å². The molecule has 1 aromatic rings. The van der Waals surface area contributed by atoms with E-state index in [1.807, 2.05) is 6.26 Å². The minimum Gasteiger partial charge on any atom is -0.349 e. The number of hydrogen-bond acceptors (Lipinski definition) is 3. The van der Waals surface area contributed by atoms with E-state index < -0.39 is 17.7 Å². The molecule has 1 aromatic carbocycles. The predicted molar refractivity (Wildman–Crippen MR) is 107 cm³/mol. The monoisotopic (exact) mass is 416 g/mol. The minimum atomic E-state index is -0.748. The maximum Gasteiger partial charge on any atom is 0.223 e. The molecule has 2 aliphatic rings. The zero-order valence-electron chi connectivity index (χ0n) is 15.6. The normalized spacial score (nSPS) is 24.3. The van der Waals surface area contributed by atoms with Crippen LogP contribution in [0.5, 0.6) is 0 Å². The number of nitrogens with one attached hydrogen (secondary N) is 2. The van der Waals surface area contributed by atoms with E-state index in [1.165, 1.54) is 12.1 Å². The smallest absolute Gasteiger partial charge is 0.223 e. The molecule has 2 saturated carbocycles. The molecule has 0 bridgehead atoms. The molecular formula is C20H27ClF2N2OS. The van der Waals surface area contributed by atoms with E-state index >= 15 is 0 Å². The highest BCUT2D eigenvalue weighted by atomic mass is 35.5. The summed E-state index contributed by atoms with van der Waals surface area (Å²) in [4.78, 5) is 12.9. The number of rotatable bonds is 7. The van der Waals surface area contributed by atoms with Gasteiger partial charge in [0.15, 0.2) is 0 Å². The summed E-state index contributed by atoms with van der Waals surface area (Å²) in [7, 11) is 0. The van der Waals surface area contributed by atoms with Gasteiger partial charge >= 0.3 is 0 Å². The molecule has 2 aliphatic carbocycles. The molecule has 3 atom stereocenters. The molecule has 27 heavy (non-hydrogen) atoms. The molecule has 2 unspecified atom stereocenters. The molecule has 0 aromatic heterocycles. The molecular weight excluding hydrogens is 390 g/mol. The fourth-order valence-electron chi connectivity index (χ4n) is 4.52. The lowest BCUT2D eigenvalue weighted by atomic mass is 9.90. The molecule has 3 rings (SSSR count). The van der Waals surface area contributed by atoms with Crippen LogP contribution in [0.4, 0.5) is 8.78 Å². The van der Waals surface area contributed by atoms with Gasteiger partial charge in [-0.3, -0.25) is 9.52 Å². The Kier molecular flexibility index (Phi) is 7.40. The first-order valence-corrected chi connectivity index (χ1v) is 11.3. The Labute approximate surface area is 169 Å². The molecule has 0 spiro atoms. The minimum absolute atomic E-state index is 0.0479. The number of amides is 1. The third kappa shape index (κ3) is 4.96. The summed E-state index contributed by atoms with van der Waals surface area (Å²) in [6, 6.07) is 1.76. The Hall–Kier alpha value is -0.850. The van der Waals surface area contributed by atoms with E-state index in [1.54, 1.807) is 11.9 Å². The lowest BCUT2D eigenvalue weighted by Gasteiger charge is -2.27. The van der Waals surface area contributed by atoms with Gasteiger partial charge in [-0.05, 0) is 62.3 Å². The third-order valence-electron chi connectivity index (χ3n) is 5.99. The number of carbonyl (C=O) groups is 1. The lowest BCUT2D eigenvalue weighted by molar-refractivity contribution is -0.126. The van der Waals surface area contributed by atoms with Crippen molar-refractivity contribution in [2.24, 2.45) is 17.8 Å². The molecule has 0 radical (unpaired) electrons. The van der Waals surface area contributed by atoms with Gasteiger partial charge in [0.1, 0.15) is 11.6 Å². The Balaban J connectivity index is 1.75. The molecule has 0 heterocycles. The summed E-state index contributed by atoms with van der Waals surface area (Å²) in [5, 5.41) is 2.90. The first-order chi connectivity index (χ1) is 13.0. The fraction of sp³-hybridized carbons (Fsp3) is 0.650. The van der Waals surface area contributed by atoms with Crippen molar-refractivity contribution in [2.45, 2.75) is 51.0 Å². The van der Waals surface area contributed by atoms with Crippen molar-refractivity contribution in [2.75, 3.05) is 12.8 Å². The first-order valence-electron chi connectivity index (χ1n) is 9.70. The zero-order chi connectivity index (χ0) is 19.4. The van der Waals surface area contributed by atoms with Crippen LogP contribution in [0.1, 0.15) is 56.6 Å². The maximum absolute atomic E-state index is 14.7. The highest BCUT2D eigenvalue weighted by Crippen LogP contribution is 2.40. The van der Waals surface area contributed by atoms with Gasteiger partial charge in [-0.1, -0.05) is 36.4 Å². The summed E-state index contributed by atoms with van der Waals surface area (Å²) in [6.45, 7) is 0.883. The Bertz CT molecular complexity index is 670. The van der Waals surface area contributed by atoms with Crippen molar-refractivity contribution in [1.29, 1.82) is 0 Å². The number of benzene rings is 1. The van der Waals surface area contributed by atoms with E-state index in [0.717, 1.165) is 51.5 Å².